The highest BCUT2D eigenvalue weighted by molar-refractivity contribution is 5.81. The van der Waals surface area contributed by atoms with E-state index in [1.54, 1.807) is 25.3 Å². The van der Waals surface area contributed by atoms with Crippen molar-refractivity contribution in [1.82, 2.24) is 4.90 Å². The summed E-state index contributed by atoms with van der Waals surface area (Å²) in [7, 11) is 1.58. The number of aldehydes is 1. The van der Waals surface area contributed by atoms with Gasteiger partial charge >= 0.3 is 0 Å². The number of methoxy groups -OCH3 is 1. The van der Waals surface area contributed by atoms with Gasteiger partial charge in [0.25, 0.3) is 0 Å². The fraction of sp³-hybridized carbons (Fsp3) is 0.316. The van der Waals surface area contributed by atoms with Gasteiger partial charge in [0, 0.05) is 19.6 Å². The predicted octanol–water partition coefficient (Wildman–Crippen LogP) is 2.94. The van der Waals surface area contributed by atoms with Crippen molar-refractivity contribution in [3.8, 4) is 11.5 Å². The van der Waals surface area contributed by atoms with Gasteiger partial charge in [-0.15, -0.1) is 0 Å². The highest BCUT2D eigenvalue weighted by Crippen LogP contribution is 2.30. The van der Waals surface area contributed by atoms with E-state index in [2.05, 4.69) is 29.2 Å². The summed E-state index contributed by atoms with van der Waals surface area (Å²) in [5.74, 6) is 1.13. The maximum absolute atomic E-state index is 11.2. The van der Waals surface area contributed by atoms with Crippen molar-refractivity contribution >= 4 is 6.29 Å². The summed E-state index contributed by atoms with van der Waals surface area (Å²) >= 11 is 0. The van der Waals surface area contributed by atoms with E-state index in [9.17, 15) is 4.79 Å². The molecule has 0 fully saturated rings. The highest BCUT2D eigenvalue weighted by Gasteiger charge is 2.16. The molecule has 0 saturated carbocycles. The highest BCUT2D eigenvalue weighted by atomic mass is 16.5. The molecule has 0 spiro atoms. The van der Waals surface area contributed by atoms with Crippen LogP contribution in [0.15, 0.2) is 42.5 Å². The van der Waals surface area contributed by atoms with Gasteiger partial charge in [0.1, 0.15) is 6.61 Å². The lowest BCUT2D eigenvalue weighted by Crippen LogP contribution is -2.33. The van der Waals surface area contributed by atoms with E-state index in [-0.39, 0.29) is 0 Å². The number of fused-ring (bicyclic) bond motifs is 1. The number of carbonyl (C=O) groups is 1. The van der Waals surface area contributed by atoms with Gasteiger partial charge in [-0.05, 0) is 29.7 Å². The lowest BCUT2D eigenvalue weighted by atomic mass is 10.0. The third-order valence-electron chi connectivity index (χ3n) is 4.22. The van der Waals surface area contributed by atoms with Crippen molar-refractivity contribution in [3.05, 3.63) is 59.2 Å². The van der Waals surface area contributed by atoms with Crippen LogP contribution < -0.4 is 9.47 Å². The molecule has 0 N–H and O–H groups in total. The zero-order valence-corrected chi connectivity index (χ0v) is 13.3. The molecule has 3 rings (SSSR count). The summed E-state index contributed by atoms with van der Waals surface area (Å²) in [4.78, 5) is 13.5. The topological polar surface area (TPSA) is 38.8 Å². The molecule has 4 nitrogen and oxygen atoms in total. The van der Waals surface area contributed by atoms with E-state index in [1.165, 1.54) is 11.1 Å². The third-order valence-corrected chi connectivity index (χ3v) is 4.22. The van der Waals surface area contributed by atoms with E-state index >= 15 is 0 Å². The molecule has 0 aromatic heterocycles. The minimum absolute atomic E-state index is 0.522. The molecule has 2 aromatic carbocycles. The normalized spacial score (nSPS) is 14.1. The van der Waals surface area contributed by atoms with Crippen molar-refractivity contribution in [2.75, 3.05) is 26.8 Å². The van der Waals surface area contributed by atoms with Crippen LogP contribution in [0.3, 0.4) is 0 Å². The number of rotatable bonds is 6. The number of ether oxygens (including phenoxy) is 2. The molecular formula is C19H21NO3. The van der Waals surface area contributed by atoms with E-state index in [0.29, 0.717) is 23.7 Å². The van der Waals surface area contributed by atoms with Crippen LogP contribution in [0.4, 0.5) is 0 Å². The molecule has 2 aromatic rings. The van der Waals surface area contributed by atoms with Gasteiger partial charge in [0.05, 0.1) is 12.7 Å². The standard InChI is InChI=1S/C19H21NO3/c1-22-18-8-4-7-17(14-21)19(18)23-12-11-20-10-9-15-5-2-3-6-16(15)13-20/h2-8,14H,9-13H2,1H3. The minimum Gasteiger partial charge on any atom is -0.493 e. The SMILES string of the molecule is COc1cccc(C=O)c1OCCN1CCc2ccccc2C1. The van der Waals surface area contributed by atoms with Crippen molar-refractivity contribution in [2.24, 2.45) is 0 Å². The molecule has 1 heterocycles. The number of hydrogen-bond donors (Lipinski definition) is 0. The molecular weight excluding hydrogens is 290 g/mol. The fourth-order valence-electron chi connectivity index (χ4n) is 2.96. The van der Waals surface area contributed by atoms with Crippen LogP contribution in [0.5, 0.6) is 11.5 Å². The number of carbonyl (C=O) groups excluding carboxylic acids is 1. The number of hydrogen-bond acceptors (Lipinski definition) is 4. The number of benzene rings is 2. The molecule has 1 aliphatic rings. The van der Waals surface area contributed by atoms with Gasteiger partial charge in [-0.2, -0.15) is 0 Å². The lowest BCUT2D eigenvalue weighted by molar-refractivity contribution is 0.111. The van der Waals surface area contributed by atoms with E-state index in [0.717, 1.165) is 32.3 Å². The maximum atomic E-state index is 11.2. The van der Waals surface area contributed by atoms with Gasteiger partial charge in [-0.1, -0.05) is 30.3 Å². The van der Waals surface area contributed by atoms with E-state index in [4.69, 9.17) is 9.47 Å². The summed E-state index contributed by atoms with van der Waals surface area (Å²) in [6.45, 7) is 3.34. The number of para-hydroxylation sites is 1. The van der Waals surface area contributed by atoms with Gasteiger partial charge < -0.3 is 9.47 Å². The van der Waals surface area contributed by atoms with Crippen LogP contribution >= 0.6 is 0 Å². The summed E-state index contributed by atoms with van der Waals surface area (Å²) < 4.78 is 11.1. The summed E-state index contributed by atoms with van der Waals surface area (Å²) in [6, 6.07) is 13.9. The second-order valence-corrected chi connectivity index (χ2v) is 5.64. The first kappa shape index (κ1) is 15.6. The molecule has 0 radical (unpaired) electrons. The largest absolute Gasteiger partial charge is 0.493 e. The average Bonchev–Trinajstić information content (AvgIpc) is 2.61. The Kier molecular flexibility index (Phi) is 4.93. The summed E-state index contributed by atoms with van der Waals surface area (Å²) in [5.41, 5.74) is 3.36. The molecule has 120 valence electrons. The predicted molar refractivity (Wildman–Crippen MR) is 89.3 cm³/mol. The summed E-state index contributed by atoms with van der Waals surface area (Å²) in [6.07, 6.45) is 1.87. The van der Waals surface area contributed by atoms with Crippen LogP contribution in [0.1, 0.15) is 21.5 Å². The van der Waals surface area contributed by atoms with Crippen LogP contribution in [0, 0.1) is 0 Å². The second-order valence-electron chi connectivity index (χ2n) is 5.64. The molecule has 0 amide bonds. The average molecular weight is 311 g/mol. The fourth-order valence-corrected chi connectivity index (χ4v) is 2.96. The zero-order valence-electron chi connectivity index (χ0n) is 13.3. The monoisotopic (exact) mass is 311 g/mol. The molecule has 0 atom stereocenters. The van der Waals surface area contributed by atoms with Crippen molar-refractivity contribution in [3.63, 3.8) is 0 Å². The Morgan fingerprint density at radius 2 is 1.96 bits per heavy atom. The Bertz CT molecular complexity index is 684. The molecule has 4 heteroatoms. The van der Waals surface area contributed by atoms with E-state index in [1.807, 2.05) is 0 Å². The Morgan fingerprint density at radius 1 is 1.13 bits per heavy atom. The molecule has 0 saturated heterocycles. The van der Waals surface area contributed by atoms with Gasteiger partial charge in [-0.3, -0.25) is 9.69 Å². The Labute approximate surface area is 136 Å². The Balaban J connectivity index is 1.60. The van der Waals surface area contributed by atoms with Crippen LogP contribution in [-0.4, -0.2) is 38.0 Å². The quantitative estimate of drug-likeness (QED) is 0.769. The van der Waals surface area contributed by atoms with Gasteiger partial charge in [0.15, 0.2) is 17.8 Å². The van der Waals surface area contributed by atoms with Crippen molar-refractivity contribution < 1.29 is 14.3 Å². The molecule has 0 bridgehead atoms. The number of nitrogens with zero attached hydrogens (tertiary/aromatic N) is 1. The molecule has 0 unspecified atom stereocenters. The first-order chi connectivity index (χ1) is 11.3. The molecule has 23 heavy (non-hydrogen) atoms. The van der Waals surface area contributed by atoms with Crippen LogP contribution in [0.2, 0.25) is 0 Å². The van der Waals surface area contributed by atoms with E-state index < -0.39 is 0 Å². The minimum atomic E-state index is 0.522. The van der Waals surface area contributed by atoms with Crippen LogP contribution in [-0.2, 0) is 13.0 Å². The third kappa shape index (κ3) is 3.54. The van der Waals surface area contributed by atoms with Crippen molar-refractivity contribution in [1.29, 1.82) is 0 Å². The molecule has 0 aliphatic carbocycles. The van der Waals surface area contributed by atoms with Crippen molar-refractivity contribution in [2.45, 2.75) is 13.0 Å². The second kappa shape index (κ2) is 7.29. The van der Waals surface area contributed by atoms with Gasteiger partial charge in [0.2, 0.25) is 0 Å². The first-order valence-electron chi connectivity index (χ1n) is 7.86. The van der Waals surface area contributed by atoms with Gasteiger partial charge in [-0.25, -0.2) is 0 Å². The zero-order chi connectivity index (χ0) is 16.1. The lowest BCUT2D eigenvalue weighted by Gasteiger charge is -2.28. The first-order valence-corrected chi connectivity index (χ1v) is 7.86. The van der Waals surface area contributed by atoms with Crippen LogP contribution in [0.25, 0.3) is 0 Å². The maximum Gasteiger partial charge on any atom is 0.171 e. The summed E-state index contributed by atoms with van der Waals surface area (Å²) in [5, 5.41) is 0. The Morgan fingerprint density at radius 3 is 2.74 bits per heavy atom. The smallest absolute Gasteiger partial charge is 0.171 e. The Hall–Kier alpha value is -2.33. The molecule has 1 aliphatic heterocycles.